The Bertz CT molecular complexity index is 1160. The van der Waals surface area contributed by atoms with Crippen LogP contribution in [0.2, 0.25) is 0 Å². The summed E-state index contributed by atoms with van der Waals surface area (Å²) in [5.74, 6) is 2.05. The van der Waals surface area contributed by atoms with Crippen LogP contribution in [0.5, 0.6) is 0 Å². The minimum atomic E-state index is -1.08. The van der Waals surface area contributed by atoms with E-state index in [9.17, 15) is 20.3 Å². The van der Waals surface area contributed by atoms with Crippen LogP contribution in [0.15, 0.2) is 24.3 Å². The second kappa shape index (κ2) is 10.3. The van der Waals surface area contributed by atoms with Crippen LogP contribution < -0.4 is 5.32 Å². The molecule has 4 rings (SSSR count). The van der Waals surface area contributed by atoms with Crippen LogP contribution in [0.25, 0.3) is 10.2 Å². The molecule has 0 bridgehead atoms. The number of fused-ring (bicyclic) bond motifs is 1. The van der Waals surface area contributed by atoms with Gasteiger partial charge in [0.25, 0.3) is 5.69 Å². The van der Waals surface area contributed by atoms with Gasteiger partial charge < -0.3 is 15.5 Å². The molecule has 0 saturated carbocycles. The van der Waals surface area contributed by atoms with Gasteiger partial charge in [0.1, 0.15) is 22.6 Å². The highest BCUT2D eigenvalue weighted by Crippen LogP contribution is 2.35. The number of non-ortho nitro benzene ring substituents is 1. The van der Waals surface area contributed by atoms with E-state index in [1.165, 1.54) is 37.1 Å². The second-order valence-corrected chi connectivity index (χ2v) is 10.3. The highest BCUT2D eigenvalue weighted by molar-refractivity contribution is 7.18. The summed E-state index contributed by atoms with van der Waals surface area (Å²) >= 11 is 1.61. The number of nitrogens with zero attached hydrogens (tertiary/aromatic N) is 4. The molecule has 3 aromatic rings. The maximum absolute atomic E-state index is 10.9. The Morgan fingerprint density at radius 3 is 2.53 bits per heavy atom. The minimum Gasteiger partial charge on any atom is -0.394 e. The van der Waals surface area contributed by atoms with Gasteiger partial charge in [0.05, 0.1) is 29.5 Å². The highest BCUT2D eigenvalue weighted by atomic mass is 32.1. The summed E-state index contributed by atoms with van der Waals surface area (Å²) in [6, 6.07) is 4.96. The first-order chi connectivity index (χ1) is 16.3. The number of aromatic nitrogens is 2. The minimum absolute atomic E-state index is 0.0527. The molecule has 9 nitrogen and oxygen atoms in total. The van der Waals surface area contributed by atoms with E-state index < -0.39 is 17.1 Å². The summed E-state index contributed by atoms with van der Waals surface area (Å²) in [6.45, 7) is 8.71. The average Bonchev–Trinajstić information content (AvgIpc) is 3.11. The Labute approximate surface area is 202 Å². The topological polar surface area (TPSA) is 125 Å². The average molecular weight is 486 g/mol. The molecule has 1 fully saturated rings. The molecule has 10 heteroatoms. The largest absolute Gasteiger partial charge is 0.394 e. The third-order valence-corrected chi connectivity index (χ3v) is 7.76. The fourth-order valence-corrected chi connectivity index (χ4v) is 5.36. The molecule has 2 atom stereocenters. The van der Waals surface area contributed by atoms with Crippen LogP contribution in [0.1, 0.15) is 47.7 Å². The Morgan fingerprint density at radius 2 is 1.91 bits per heavy atom. The Hall–Kier alpha value is -2.66. The van der Waals surface area contributed by atoms with Gasteiger partial charge in [0, 0.05) is 17.0 Å². The number of hydrogen-bond donors (Lipinski definition) is 3. The predicted octanol–water partition coefficient (Wildman–Crippen LogP) is 3.95. The number of anilines is 1. The molecule has 182 valence electrons. The molecule has 34 heavy (non-hydrogen) atoms. The van der Waals surface area contributed by atoms with Crippen LogP contribution in [0, 0.1) is 29.9 Å². The number of likely N-dealkylation sites (tertiary alicyclic amines) is 1. The molecule has 3 heterocycles. The lowest BCUT2D eigenvalue weighted by Gasteiger charge is -2.29. The van der Waals surface area contributed by atoms with Crippen molar-refractivity contribution in [1.29, 1.82) is 0 Å². The number of thiophene rings is 1. The number of benzene rings is 1. The number of nitro groups is 1. The first-order valence-corrected chi connectivity index (χ1v) is 12.4. The number of aryl methyl sites for hydroxylation is 2. The van der Waals surface area contributed by atoms with Crippen molar-refractivity contribution in [2.45, 2.75) is 52.3 Å². The zero-order valence-corrected chi connectivity index (χ0v) is 20.5. The zero-order valence-electron chi connectivity index (χ0n) is 19.7. The van der Waals surface area contributed by atoms with Crippen LogP contribution >= 0.6 is 11.3 Å². The van der Waals surface area contributed by atoms with Crippen molar-refractivity contribution in [2.75, 3.05) is 25.0 Å². The molecule has 1 aliphatic rings. The van der Waals surface area contributed by atoms with E-state index in [2.05, 4.69) is 17.1 Å². The summed E-state index contributed by atoms with van der Waals surface area (Å²) < 4.78 is 0. The molecule has 1 aliphatic heterocycles. The van der Waals surface area contributed by atoms with Gasteiger partial charge in [0.15, 0.2) is 0 Å². The molecule has 2 aromatic heterocycles. The van der Waals surface area contributed by atoms with Crippen LogP contribution in [-0.4, -0.2) is 55.7 Å². The molecule has 1 saturated heterocycles. The van der Waals surface area contributed by atoms with Crippen molar-refractivity contribution in [1.82, 2.24) is 14.9 Å². The van der Waals surface area contributed by atoms with Gasteiger partial charge in [-0.2, -0.15) is 0 Å². The molecule has 1 aromatic carbocycles. The van der Waals surface area contributed by atoms with Crippen LogP contribution in [-0.2, 0) is 6.54 Å². The fourth-order valence-electron chi connectivity index (χ4n) is 4.31. The van der Waals surface area contributed by atoms with Crippen LogP contribution in [0.4, 0.5) is 11.5 Å². The van der Waals surface area contributed by atoms with E-state index >= 15 is 0 Å². The highest BCUT2D eigenvalue weighted by Gasteiger charge is 2.25. The standard InChI is InChI=1S/C24H31N5O4S/c1-14-8-10-28(11-9-14)12-20-26-23(21-15(2)16(3)34-24(21)27-20)25-19(13-30)22(31)17-4-6-18(7-5-17)29(32)33/h4-7,14,19,22,30-31H,8-13H2,1-3H3,(H,25,26,27)/t19-,22+/m1/s1. The number of aliphatic hydroxyl groups is 2. The van der Waals surface area contributed by atoms with E-state index in [0.717, 1.165) is 39.7 Å². The third-order valence-electron chi connectivity index (χ3n) is 6.66. The number of rotatable bonds is 8. The summed E-state index contributed by atoms with van der Waals surface area (Å²) in [6.07, 6.45) is 1.25. The lowest BCUT2D eigenvalue weighted by atomic mass is 9.99. The van der Waals surface area contributed by atoms with Gasteiger partial charge in [-0.3, -0.25) is 15.0 Å². The maximum Gasteiger partial charge on any atom is 0.269 e. The zero-order chi connectivity index (χ0) is 24.4. The molecule has 3 N–H and O–H groups in total. The van der Waals surface area contributed by atoms with E-state index in [0.29, 0.717) is 23.8 Å². The van der Waals surface area contributed by atoms with Gasteiger partial charge in [-0.1, -0.05) is 6.92 Å². The first kappa shape index (κ1) is 24.5. The number of aliphatic hydroxyl groups excluding tert-OH is 2. The lowest BCUT2D eigenvalue weighted by Crippen LogP contribution is -2.34. The van der Waals surface area contributed by atoms with Crippen molar-refractivity contribution in [3.8, 4) is 0 Å². The van der Waals surface area contributed by atoms with Gasteiger partial charge in [0.2, 0.25) is 0 Å². The van der Waals surface area contributed by atoms with Crippen molar-refractivity contribution in [2.24, 2.45) is 5.92 Å². The van der Waals surface area contributed by atoms with Gasteiger partial charge in [-0.05, 0) is 69.0 Å². The number of piperidine rings is 1. The van der Waals surface area contributed by atoms with E-state index in [1.807, 2.05) is 13.8 Å². The molecule has 0 amide bonds. The van der Waals surface area contributed by atoms with Gasteiger partial charge in [-0.25, -0.2) is 9.97 Å². The molecule has 0 unspecified atom stereocenters. The number of nitro benzene ring substituents is 1. The van der Waals surface area contributed by atoms with Crippen molar-refractivity contribution < 1.29 is 15.1 Å². The molecular formula is C24H31N5O4S. The number of nitrogens with one attached hydrogen (secondary N) is 1. The fraction of sp³-hybridized carbons (Fsp3) is 0.500. The SMILES string of the molecule is Cc1sc2nc(CN3CCC(C)CC3)nc(N[C@H](CO)[C@@H](O)c3ccc([N+](=O)[O-])cc3)c2c1C. The number of hydrogen-bond acceptors (Lipinski definition) is 9. The molecular weight excluding hydrogens is 454 g/mol. The summed E-state index contributed by atoms with van der Waals surface area (Å²) in [5.41, 5.74) is 1.49. The summed E-state index contributed by atoms with van der Waals surface area (Å²) in [7, 11) is 0. The summed E-state index contributed by atoms with van der Waals surface area (Å²) in [5, 5.41) is 36.1. The molecule has 0 radical (unpaired) electrons. The van der Waals surface area contributed by atoms with E-state index in [-0.39, 0.29) is 12.3 Å². The quantitative estimate of drug-likeness (QED) is 0.324. The summed E-state index contributed by atoms with van der Waals surface area (Å²) in [4.78, 5) is 24.5. The first-order valence-electron chi connectivity index (χ1n) is 11.6. The molecule has 0 aliphatic carbocycles. The normalized spacial score (nSPS) is 17.1. The predicted molar refractivity (Wildman–Crippen MR) is 133 cm³/mol. The van der Waals surface area contributed by atoms with Crippen molar-refractivity contribution in [3.05, 3.63) is 56.2 Å². The monoisotopic (exact) mass is 485 g/mol. The third kappa shape index (κ3) is 5.20. The van der Waals surface area contributed by atoms with Gasteiger partial charge in [-0.15, -0.1) is 11.3 Å². The Kier molecular flexibility index (Phi) is 7.42. The van der Waals surface area contributed by atoms with Crippen molar-refractivity contribution >= 4 is 33.1 Å². The lowest BCUT2D eigenvalue weighted by molar-refractivity contribution is -0.384. The van der Waals surface area contributed by atoms with Crippen molar-refractivity contribution in [3.63, 3.8) is 0 Å². The van der Waals surface area contributed by atoms with E-state index in [4.69, 9.17) is 9.97 Å². The Balaban J connectivity index is 1.62. The van der Waals surface area contributed by atoms with E-state index in [1.54, 1.807) is 11.3 Å². The van der Waals surface area contributed by atoms with Gasteiger partial charge >= 0.3 is 0 Å². The second-order valence-electron chi connectivity index (χ2n) is 9.14. The smallest absolute Gasteiger partial charge is 0.269 e. The maximum atomic E-state index is 10.9. The Morgan fingerprint density at radius 1 is 1.24 bits per heavy atom. The molecule has 0 spiro atoms. The van der Waals surface area contributed by atoms with Crippen LogP contribution in [0.3, 0.4) is 0 Å².